The van der Waals surface area contributed by atoms with Crippen molar-refractivity contribution in [2.45, 2.75) is 96.4 Å². The molecule has 4 rings (SSSR count). The van der Waals surface area contributed by atoms with Gasteiger partial charge in [-0.25, -0.2) is 0 Å². The lowest BCUT2D eigenvalue weighted by atomic mass is 9.95. The molecule has 1 N–H and O–H groups in total. The number of nitrogens with one attached hydrogen (secondary N) is 1. The van der Waals surface area contributed by atoms with Gasteiger partial charge in [0.1, 0.15) is 11.9 Å². The molecule has 0 radical (unpaired) electrons. The van der Waals surface area contributed by atoms with Crippen LogP contribution >= 0.6 is 0 Å². The lowest BCUT2D eigenvalue weighted by Crippen LogP contribution is -2.27. The molecule has 2 aromatic heterocycles. The molecule has 0 bridgehead atoms. The molecule has 0 aromatic carbocycles. The van der Waals surface area contributed by atoms with Crippen molar-refractivity contribution in [2.75, 3.05) is 40.5 Å². The van der Waals surface area contributed by atoms with E-state index in [2.05, 4.69) is 76.3 Å². The Hall–Kier alpha value is -2.06. The van der Waals surface area contributed by atoms with Crippen molar-refractivity contribution in [1.82, 2.24) is 20.2 Å². The largest absolute Gasteiger partial charge is 0.486 e. The maximum absolute atomic E-state index is 6.25. The molecule has 0 aliphatic carbocycles. The summed E-state index contributed by atoms with van der Waals surface area (Å²) in [5.74, 6) is 2.15. The second-order valence-electron chi connectivity index (χ2n) is 11.8. The zero-order chi connectivity index (χ0) is 27.1. The van der Waals surface area contributed by atoms with E-state index in [0.717, 1.165) is 75.7 Å². The number of nitrogens with zero attached hydrogens (tertiary/aromatic N) is 3. The molecule has 4 heterocycles. The van der Waals surface area contributed by atoms with Crippen LogP contribution in [0.3, 0.4) is 0 Å². The molecular weight excluding hydrogens is 476 g/mol. The number of hydrogen-bond acceptors (Lipinski definition) is 7. The molecule has 4 atom stereocenters. The van der Waals surface area contributed by atoms with Crippen LogP contribution in [0.15, 0.2) is 24.3 Å². The Morgan fingerprint density at radius 1 is 0.921 bits per heavy atom. The van der Waals surface area contributed by atoms with Crippen LogP contribution in [0.2, 0.25) is 0 Å². The molecule has 2 aliphatic rings. The first-order valence-electron chi connectivity index (χ1n) is 14.5. The summed E-state index contributed by atoms with van der Waals surface area (Å²) in [7, 11) is 4.15. The predicted molar refractivity (Wildman–Crippen MR) is 152 cm³/mol. The van der Waals surface area contributed by atoms with E-state index in [9.17, 15) is 0 Å². The van der Waals surface area contributed by atoms with Gasteiger partial charge in [-0.15, -0.1) is 0 Å². The third kappa shape index (κ3) is 7.98. The molecule has 2 saturated heterocycles. The SMILES string of the molecule is CC(CCC(C)c1ccc(OC2CCOC2)c(CN(C)C)n1)NCc1nc(C(C)C)ccc1[C@H]1CCOC1. The second-order valence-corrected chi connectivity index (χ2v) is 11.8. The Bertz CT molecular complexity index is 1020. The molecule has 210 valence electrons. The van der Waals surface area contributed by atoms with Crippen LogP contribution in [0.5, 0.6) is 5.75 Å². The number of hydrogen-bond donors (Lipinski definition) is 1. The minimum atomic E-state index is 0.130. The van der Waals surface area contributed by atoms with E-state index in [0.29, 0.717) is 30.4 Å². The van der Waals surface area contributed by atoms with Gasteiger partial charge < -0.3 is 24.4 Å². The van der Waals surface area contributed by atoms with Crippen LogP contribution in [0.4, 0.5) is 0 Å². The Balaban J connectivity index is 1.34. The lowest BCUT2D eigenvalue weighted by Gasteiger charge is -2.21. The van der Waals surface area contributed by atoms with Crippen molar-refractivity contribution in [2.24, 2.45) is 0 Å². The Morgan fingerprint density at radius 2 is 1.66 bits per heavy atom. The molecule has 2 fully saturated rings. The normalized spacial score (nSPS) is 21.4. The van der Waals surface area contributed by atoms with E-state index in [4.69, 9.17) is 24.2 Å². The first-order chi connectivity index (χ1) is 18.3. The summed E-state index contributed by atoms with van der Waals surface area (Å²) in [6, 6.07) is 9.13. The van der Waals surface area contributed by atoms with Crippen molar-refractivity contribution in [1.29, 1.82) is 0 Å². The predicted octanol–water partition coefficient (Wildman–Crippen LogP) is 5.40. The lowest BCUT2D eigenvalue weighted by molar-refractivity contribution is 0.139. The highest BCUT2D eigenvalue weighted by molar-refractivity contribution is 5.31. The topological polar surface area (TPSA) is 68.7 Å². The molecule has 3 unspecified atom stereocenters. The Labute approximate surface area is 229 Å². The van der Waals surface area contributed by atoms with Gasteiger partial charge in [-0.1, -0.05) is 26.8 Å². The third-order valence-electron chi connectivity index (χ3n) is 7.75. The number of ether oxygens (including phenoxy) is 3. The zero-order valence-electron chi connectivity index (χ0n) is 24.3. The van der Waals surface area contributed by atoms with E-state index in [1.807, 2.05) is 0 Å². The highest BCUT2D eigenvalue weighted by Gasteiger charge is 2.23. The van der Waals surface area contributed by atoms with Gasteiger partial charge in [0.05, 0.1) is 31.2 Å². The van der Waals surface area contributed by atoms with Gasteiger partial charge >= 0.3 is 0 Å². The standard InChI is InChI=1S/C31H48N4O3/c1-21(2)27-10-9-26(24-13-15-36-19-24)29(33-27)17-32-23(4)8-7-22(3)28-11-12-31(30(34-28)18-35(5)6)38-25-14-16-37-20-25/h9-12,21-25,32H,7-8,13-20H2,1-6H3/t22?,23?,24-,25?/m0/s1. The summed E-state index contributed by atoms with van der Waals surface area (Å²) >= 11 is 0. The summed E-state index contributed by atoms with van der Waals surface area (Å²) in [6.45, 7) is 13.6. The molecule has 38 heavy (non-hydrogen) atoms. The van der Waals surface area contributed by atoms with Crippen LogP contribution in [-0.4, -0.2) is 67.5 Å². The zero-order valence-corrected chi connectivity index (χ0v) is 24.3. The summed E-state index contributed by atoms with van der Waals surface area (Å²) in [5.41, 5.74) is 5.85. The van der Waals surface area contributed by atoms with E-state index < -0.39 is 0 Å². The number of pyridine rings is 2. The van der Waals surface area contributed by atoms with Crippen LogP contribution in [0, 0.1) is 0 Å². The summed E-state index contributed by atoms with van der Waals surface area (Å²) in [6.07, 6.45) is 4.31. The fourth-order valence-corrected chi connectivity index (χ4v) is 5.25. The number of aromatic nitrogens is 2. The fraction of sp³-hybridized carbons (Fsp3) is 0.677. The molecule has 0 spiro atoms. The van der Waals surface area contributed by atoms with Gasteiger partial charge in [0, 0.05) is 49.5 Å². The van der Waals surface area contributed by atoms with Crippen molar-refractivity contribution in [3.63, 3.8) is 0 Å². The molecule has 2 aromatic rings. The van der Waals surface area contributed by atoms with Crippen molar-refractivity contribution in [3.8, 4) is 5.75 Å². The third-order valence-corrected chi connectivity index (χ3v) is 7.75. The molecule has 7 nitrogen and oxygen atoms in total. The minimum absolute atomic E-state index is 0.130. The van der Waals surface area contributed by atoms with Crippen LogP contribution < -0.4 is 10.1 Å². The maximum atomic E-state index is 6.25. The average Bonchev–Trinajstić information content (AvgIpc) is 3.61. The van der Waals surface area contributed by atoms with Gasteiger partial charge in [-0.3, -0.25) is 9.97 Å². The highest BCUT2D eigenvalue weighted by atomic mass is 16.5. The molecule has 2 aliphatic heterocycles. The van der Waals surface area contributed by atoms with Gasteiger partial charge in [0.2, 0.25) is 0 Å². The van der Waals surface area contributed by atoms with Crippen LogP contribution in [0.1, 0.15) is 99.5 Å². The molecular formula is C31H48N4O3. The first kappa shape index (κ1) is 28.9. The van der Waals surface area contributed by atoms with Crippen molar-refractivity contribution in [3.05, 3.63) is 52.6 Å². The average molecular weight is 525 g/mol. The molecule has 0 saturated carbocycles. The first-order valence-corrected chi connectivity index (χ1v) is 14.5. The van der Waals surface area contributed by atoms with Crippen LogP contribution in [-0.2, 0) is 22.6 Å². The maximum Gasteiger partial charge on any atom is 0.142 e. The molecule has 0 amide bonds. The van der Waals surface area contributed by atoms with Gasteiger partial charge in [-0.2, -0.15) is 0 Å². The van der Waals surface area contributed by atoms with Gasteiger partial charge in [0.15, 0.2) is 0 Å². The monoisotopic (exact) mass is 524 g/mol. The highest BCUT2D eigenvalue weighted by Crippen LogP contribution is 2.30. The molecule has 7 heteroatoms. The quantitative estimate of drug-likeness (QED) is 0.376. The van der Waals surface area contributed by atoms with Crippen molar-refractivity contribution >= 4 is 0 Å². The minimum Gasteiger partial charge on any atom is -0.486 e. The summed E-state index contributed by atoms with van der Waals surface area (Å²) in [4.78, 5) is 12.3. The van der Waals surface area contributed by atoms with E-state index >= 15 is 0 Å². The smallest absolute Gasteiger partial charge is 0.142 e. The Kier molecular flexibility index (Phi) is 10.5. The summed E-state index contributed by atoms with van der Waals surface area (Å²) in [5, 5.41) is 3.76. The van der Waals surface area contributed by atoms with Gasteiger partial charge in [0.25, 0.3) is 0 Å². The fourth-order valence-electron chi connectivity index (χ4n) is 5.25. The van der Waals surface area contributed by atoms with Crippen molar-refractivity contribution < 1.29 is 14.2 Å². The van der Waals surface area contributed by atoms with Gasteiger partial charge in [-0.05, 0) is 75.9 Å². The Morgan fingerprint density at radius 3 is 2.34 bits per heavy atom. The van der Waals surface area contributed by atoms with E-state index in [1.54, 1.807) is 0 Å². The van der Waals surface area contributed by atoms with Crippen LogP contribution in [0.25, 0.3) is 0 Å². The number of rotatable bonds is 13. The van der Waals surface area contributed by atoms with E-state index in [1.165, 1.54) is 17.0 Å². The summed E-state index contributed by atoms with van der Waals surface area (Å²) < 4.78 is 17.4. The van der Waals surface area contributed by atoms with E-state index in [-0.39, 0.29) is 6.10 Å². The second kappa shape index (κ2) is 13.8.